The molecule has 0 bridgehead atoms. The second kappa shape index (κ2) is 6.06. The minimum atomic E-state index is -0.363. The zero-order chi connectivity index (χ0) is 12.8. The largest absolute Gasteiger partial charge is 0.207 e. The Morgan fingerprint density at radius 2 is 2.06 bits per heavy atom. The fourth-order valence-electron chi connectivity index (χ4n) is 1.32. The Kier molecular flexibility index (Phi) is 4.72. The van der Waals surface area contributed by atoms with Gasteiger partial charge in [-0.05, 0) is 38.3 Å². The molecule has 17 heavy (non-hydrogen) atoms. The van der Waals surface area contributed by atoms with E-state index in [2.05, 4.69) is 38.0 Å². The highest BCUT2D eigenvalue weighted by Crippen LogP contribution is 2.17. The summed E-state index contributed by atoms with van der Waals surface area (Å²) < 4.78 is 13.2. The van der Waals surface area contributed by atoms with Gasteiger partial charge in [0.2, 0.25) is 0 Å². The molecule has 0 saturated carbocycles. The lowest BCUT2D eigenvalue weighted by Gasteiger charge is -2.05. The molecule has 0 aliphatic heterocycles. The second-order valence-electron chi connectivity index (χ2n) is 4.25. The lowest BCUT2D eigenvalue weighted by atomic mass is 10.00. The lowest BCUT2D eigenvalue weighted by molar-refractivity contribution is 0.652. The summed E-state index contributed by atoms with van der Waals surface area (Å²) in [6.45, 7) is 10.9. The molecule has 0 aromatic rings. The summed E-state index contributed by atoms with van der Waals surface area (Å²) in [5, 5.41) is 0. The van der Waals surface area contributed by atoms with Gasteiger partial charge in [-0.15, -0.1) is 0 Å². The fraction of sp³-hybridized carbons (Fsp3) is 0.250. The Bertz CT molecular complexity index is 487. The molecule has 0 spiro atoms. The van der Waals surface area contributed by atoms with E-state index in [0.29, 0.717) is 11.1 Å². The molecule has 0 aromatic carbocycles. The van der Waals surface area contributed by atoms with Crippen LogP contribution in [0.5, 0.6) is 0 Å². The third kappa shape index (κ3) is 4.70. The summed E-state index contributed by atoms with van der Waals surface area (Å²) in [6.07, 6.45) is 7.40. The third-order valence-electron chi connectivity index (χ3n) is 2.45. The first-order chi connectivity index (χ1) is 7.99. The molecule has 0 heterocycles. The molecule has 1 rings (SSSR count). The molecule has 1 aliphatic carbocycles. The average molecular weight is 228 g/mol. The monoisotopic (exact) mass is 228 g/mol. The number of allylic oxidation sites excluding steroid dienone is 8. The van der Waals surface area contributed by atoms with E-state index in [0.717, 1.165) is 18.4 Å². The molecule has 0 atom stereocenters. The van der Waals surface area contributed by atoms with E-state index in [1.165, 1.54) is 11.6 Å². The van der Waals surface area contributed by atoms with E-state index in [9.17, 15) is 4.39 Å². The minimum Gasteiger partial charge on any atom is -0.207 e. The molecule has 0 unspecified atom stereocenters. The summed E-state index contributed by atoms with van der Waals surface area (Å²) in [5.41, 5.74) is 3.30. The van der Waals surface area contributed by atoms with Crippen LogP contribution in [0.3, 0.4) is 0 Å². The predicted octanol–water partition coefficient (Wildman–Crippen LogP) is 4.64. The summed E-state index contributed by atoms with van der Waals surface area (Å²) in [6, 6.07) is 0. The van der Waals surface area contributed by atoms with E-state index in [1.807, 2.05) is 6.08 Å². The molecule has 88 valence electrons. The molecule has 0 fully saturated rings. The van der Waals surface area contributed by atoms with Gasteiger partial charge in [0.25, 0.3) is 0 Å². The molecule has 0 aromatic heterocycles. The van der Waals surface area contributed by atoms with Crippen molar-refractivity contribution in [1.29, 1.82) is 0 Å². The molecular weight excluding hydrogens is 211 g/mol. The molecule has 0 saturated heterocycles. The van der Waals surface area contributed by atoms with Crippen molar-refractivity contribution in [2.45, 2.75) is 26.7 Å². The maximum atomic E-state index is 13.2. The molecule has 1 aliphatic rings. The van der Waals surface area contributed by atoms with Gasteiger partial charge in [-0.2, -0.15) is 0 Å². The zero-order valence-electron chi connectivity index (χ0n) is 10.4. The second-order valence-corrected chi connectivity index (χ2v) is 4.25. The highest BCUT2D eigenvalue weighted by Gasteiger charge is 2.00. The topological polar surface area (TPSA) is 0 Å². The minimum absolute atomic E-state index is 0.363. The van der Waals surface area contributed by atoms with Gasteiger partial charge in [0.05, 0.1) is 0 Å². The van der Waals surface area contributed by atoms with Crippen LogP contribution in [0.15, 0.2) is 59.5 Å². The van der Waals surface area contributed by atoms with Crippen LogP contribution < -0.4 is 0 Å². The Labute approximate surface area is 103 Å². The highest BCUT2D eigenvalue weighted by atomic mass is 19.1. The fourth-order valence-corrected chi connectivity index (χ4v) is 1.32. The molecule has 0 radical (unpaired) electrons. The first kappa shape index (κ1) is 13.3. The van der Waals surface area contributed by atoms with Crippen molar-refractivity contribution in [3.8, 4) is 11.8 Å². The molecular formula is C16H17F. The van der Waals surface area contributed by atoms with Crippen LogP contribution in [0.4, 0.5) is 4.39 Å². The number of hydrogen-bond acceptors (Lipinski definition) is 0. The third-order valence-corrected chi connectivity index (χ3v) is 2.45. The van der Waals surface area contributed by atoms with Crippen LogP contribution in [0, 0.1) is 11.8 Å². The predicted molar refractivity (Wildman–Crippen MR) is 72.0 cm³/mol. The van der Waals surface area contributed by atoms with Crippen molar-refractivity contribution in [3.63, 3.8) is 0 Å². The highest BCUT2D eigenvalue weighted by molar-refractivity contribution is 5.46. The summed E-state index contributed by atoms with van der Waals surface area (Å²) in [4.78, 5) is 0. The van der Waals surface area contributed by atoms with Crippen LogP contribution in [0.1, 0.15) is 26.7 Å². The number of halogens is 1. The van der Waals surface area contributed by atoms with E-state index >= 15 is 0 Å². The van der Waals surface area contributed by atoms with Gasteiger partial charge >= 0.3 is 0 Å². The van der Waals surface area contributed by atoms with Gasteiger partial charge in [0.15, 0.2) is 0 Å². The van der Waals surface area contributed by atoms with Crippen molar-refractivity contribution in [3.05, 3.63) is 59.5 Å². The van der Waals surface area contributed by atoms with Gasteiger partial charge in [-0.25, -0.2) is 4.39 Å². The molecule has 0 N–H and O–H groups in total. The molecule has 0 amide bonds. The molecule has 1 heteroatoms. The standard InChI is InChI=1S/C16H17F/c1-12(2)16(17)11-14(4)7-10-15-8-5-13(3)6-9-15/h5,8,11H,1,4,6,9H2,2-3H3/b16-11+. The Hall–Kier alpha value is -1.81. The summed E-state index contributed by atoms with van der Waals surface area (Å²) in [5.74, 6) is 5.50. The van der Waals surface area contributed by atoms with Gasteiger partial charge in [-0.3, -0.25) is 0 Å². The van der Waals surface area contributed by atoms with Crippen molar-refractivity contribution < 1.29 is 4.39 Å². The van der Waals surface area contributed by atoms with Gasteiger partial charge in [-0.1, -0.05) is 42.7 Å². The quantitative estimate of drug-likeness (QED) is 0.477. The Morgan fingerprint density at radius 1 is 1.35 bits per heavy atom. The van der Waals surface area contributed by atoms with E-state index in [-0.39, 0.29) is 5.83 Å². The van der Waals surface area contributed by atoms with Crippen molar-refractivity contribution in [2.24, 2.45) is 0 Å². The van der Waals surface area contributed by atoms with Crippen LogP contribution >= 0.6 is 0 Å². The first-order valence-electron chi connectivity index (χ1n) is 5.59. The van der Waals surface area contributed by atoms with Crippen LogP contribution in [-0.4, -0.2) is 0 Å². The maximum Gasteiger partial charge on any atom is 0.126 e. The lowest BCUT2D eigenvalue weighted by Crippen LogP contribution is -1.88. The summed E-state index contributed by atoms with van der Waals surface area (Å²) in [7, 11) is 0. The molecule has 0 nitrogen and oxygen atoms in total. The normalized spacial score (nSPS) is 15.4. The van der Waals surface area contributed by atoms with E-state index in [1.54, 1.807) is 6.92 Å². The number of hydrogen-bond donors (Lipinski definition) is 0. The maximum absolute atomic E-state index is 13.2. The van der Waals surface area contributed by atoms with Crippen molar-refractivity contribution in [1.82, 2.24) is 0 Å². The van der Waals surface area contributed by atoms with Crippen LogP contribution in [-0.2, 0) is 0 Å². The van der Waals surface area contributed by atoms with Gasteiger partial charge in [0, 0.05) is 11.1 Å². The smallest absolute Gasteiger partial charge is 0.126 e. The number of rotatable bonds is 2. The van der Waals surface area contributed by atoms with Gasteiger partial charge < -0.3 is 0 Å². The Balaban J connectivity index is 2.71. The van der Waals surface area contributed by atoms with Crippen LogP contribution in [0.25, 0.3) is 0 Å². The first-order valence-corrected chi connectivity index (χ1v) is 5.59. The average Bonchev–Trinajstić information content (AvgIpc) is 2.28. The zero-order valence-corrected chi connectivity index (χ0v) is 10.4. The van der Waals surface area contributed by atoms with E-state index in [4.69, 9.17) is 0 Å². The van der Waals surface area contributed by atoms with Crippen LogP contribution in [0.2, 0.25) is 0 Å². The SMILES string of the molecule is C=C(C#CC1=CC=C(C)CC1)/C=C(/F)C(=C)C. The van der Waals surface area contributed by atoms with E-state index < -0.39 is 0 Å². The van der Waals surface area contributed by atoms with Crippen molar-refractivity contribution >= 4 is 0 Å². The van der Waals surface area contributed by atoms with Crippen molar-refractivity contribution in [2.75, 3.05) is 0 Å². The Morgan fingerprint density at radius 3 is 2.59 bits per heavy atom. The summed E-state index contributed by atoms with van der Waals surface area (Å²) >= 11 is 0. The van der Waals surface area contributed by atoms with Gasteiger partial charge in [0.1, 0.15) is 5.83 Å².